The number of hydrogen-bond donors (Lipinski definition) is 1. The van der Waals surface area contributed by atoms with E-state index >= 15 is 0 Å². The fourth-order valence-electron chi connectivity index (χ4n) is 2.59. The summed E-state index contributed by atoms with van der Waals surface area (Å²) in [6.45, 7) is 6.12. The fourth-order valence-corrected chi connectivity index (χ4v) is 2.59. The predicted octanol–water partition coefficient (Wildman–Crippen LogP) is 4.07. The second kappa shape index (κ2) is 6.38. The summed E-state index contributed by atoms with van der Waals surface area (Å²) in [5.41, 5.74) is 3.70. The number of nitrogens with zero attached hydrogens (tertiary/aromatic N) is 1. The van der Waals surface area contributed by atoms with Gasteiger partial charge in [-0.05, 0) is 44.1 Å². The van der Waals surface area contributed by atoms with Crippen LogP contribution in [0.15, 0.2) is 10.6 Å². The number of aromatic nitrogens is 1. The van der Waals surface area contributed by atoms with E-state index in [2.05, 4.69) is 18.2 Å². The Morgan fingerprint density at radius 1 is 1.32 bits per heavy atom. The number of hydrogen-bond acceptors (Lipinski definition) is 3. The molecule has 0 aliphatic heterocycles. The van der Waals surface area contributed by atoms with Gasteiger partial charge in [0, 0.05) is 11.5 Å². The molecule has 1 atom stereocenters. The first-order valence-corrected chi connectivity index (χ1v) is 7.65. The van der Waals surface area contributed by atoms with Gasteiger partial charge < -0.3 is 9.63 Å². The zero-order chi connectivity index (χ0) is 13.8. The minimum Gasteiger partial charge on any atom is -0.393 e. The maximum absolute atomic E-state index is 9.56. The summed E-state index contributed by atoms with van der Waals surface area (Å²) in [7, 11) is 0. The van der Waals surface area contributed by atoms with Crippen LogP contribution in [0.2, 0.25) is 0 Å². The van der Waals surface area contributed by atoms with Gasteiger partial charge >= 0.3 is 0 Å². The van der Waals surface area contributed by atoms with E-state index in [0.717, 1.165) is 37.1 Å². The highest BCUT2D eigenvalue weighted by molar-refractivity contribution is 5.70. The minimum absolute atomic E-state index is 0.159. The Kier molecular flexibility index (Phi) is 4.81. The van der Waals surface area contributed by atoms with Crippen LogP contribution in [-0.2, 0) is 6.42 Å². The highest BCUT2D eigenvalue weighted by Gasteiger charge is 2.33. The van der Waals surface area contributed by atoms with Crippen molar-refractivity contribution in [2.45, 2.75) is 71.3 Å². The van der Waals surface area contributed by atoms with Gasteiger partial charge in [-0.25, -0.2) is 0 Å². The van der Waals surface area contributed by atoms with Crippen molar-refractivity contribution in [3.05, 3.63) is 23.1 Å². The van der Waals surface area contributed by atoms with Crippen LogP contribution >= 0.6 is 0 Å². The SMILES string of the molecule is CC.CCc1noc(C2CC2)c1C1=CCC(O)CC1. The standard InChI is InChI=1S/C14H19NO2.C2H6/c1-2-12-13(9-5-7-11(16)8-6-9)14(17-15-12)10-3-4-10;1-2/h5,10-11,16H,2-4,6-8H2,1H3;1-2H3. The molecule has 1 unspecified atom stereocenters. The molecule has 0 bridgehead atoms. The van der Waals surface area contributed by atoms with Crippen LogP contribution < -0.4 is 0 Å². The first-order valence-electron chi connectivity index (χ1n) is 7.65. The molecular formula is C16H25NO2. The molecule has 1 fully saturated rings. The van der Waals surface area contributed by atoms with Crippen molar-refractivity contribution in [1.29, 1.82) is 0 Å². The van der Waals surface area contributed by atoms with Gasteiger partial charge in [0.2, 0.25) is 0 Å². The molecule has 1 aromatic heterocycles. The molecule has 2 aliphatic rings. The van der Waals surface area contributed by atoms with Crippen molar-refractivity contribution >= 4 is 5.57 Å². The average Bonchev–Trinajstić information content (AvgIpc) is 3.21. The molecule has 0 aromatic carbocycles. The van der Waals surface area contributed by atoms with E-state index in [4.69, 9.17) is 4.52 Å². The summed E-state index contributed by atoms with van der Waals surface area (Å²) in [6, 6.07) is 0. The van der Waals surface area contributed by atoms with Crippen molar-refractivity contribution in [2.75, 3.05) is 0 Å². The highest BCUT2D eigenvalue weighted by atomic mass is 16.5. The molecule has 106 valence electrons. The lowest BCUT2D eigenvalue weighted by molar-refractivity contribution is 0.166. The van der Waals surface area contributed by atoms with Crippen LogP contribution in [0.1, 0.15) is 75.8 Å². The van der Waals surface area contributed by atoms with Crippen LogP contribution in [0, 0.1) is 0 Å². The molecule has 0 radical (unpaired) electrons. The molecule has 1 saturated carbocycles. The van der Waals surface area contributed by atoms with Gasteiger partial charge in [-0.15, -0.1) is 0 Å². The molecular weight excluding hydrogens is 238 g/mol. The molecule has 19 heavy (non-hydrogen) atoms. The largest absolute Gasteiger partial charge is 0.393 e. The van der Waals surface area contributed by atoms with E-state index in [9.17, 15) is 5.11 Å². The Hall–Kier alpha value is -1.09. The van der Waals surface area contributed by atoms with E-state index in [1.165, 1.54) is 24.0 Å². The monoisotopic (exact) mass is 263 g/mol. The molecule has 1 N–H and O–H groups in total. The van der Waals surface area contributed by atoms with Crippen molar-refractivity contribution < 1.29 is 9.63 Å². The lowest BCUT2D eigenvalue weighted by Crippen LogP contribution is -2.10. The number of aryl methyl sites for hydroxylation is 1. The first kappa shape index (κ1) is 14.3. The lowest BCUT2D eigenvalue weighted by Gasteiger charge is -2.17. The molecule has 3 heteroatoms. The lowest BCUT2D eigenvalue weighted by atomic mass is 9.89. The third-order valence-corrected chi connectivity index (χ3v) is 3.78. The van der Waals surface area contributed by atoms with Gasteiger partial charge in [0.1, 0.15) is 5.76 Å². The van der Waals surface area contributed by atoms with Gasteiger partial charge in [-0.3, -0.25) is 0 Å². The summed E-state index contributed by atoms with van der Waals surface area (Å²) >= 11 is 0. The molecule has 1 aromatic rings. The Morgan fingerprint density at radius 2 is 2.05 bits per heavy atom. The third-order valence-electron chi connectivity index (χ3n) is 3.78. The number of aliphatic hydroxyl groups excluding tert-OH is 1. The van der Waals surface area contributed by atoms with Gasteiger partial charge in [-0.1, -0.05) is 32.0 Å². The van der Waals surface area contributed by atoms with Crippen LogP contribution in [0.25, 0.3) is 5.57 Å². The van der Waals surface area contributed by atoms with Crippen LogP contribution in [-0.4, -0.2) is 16.4 Å². The Morgan fingerprint density at radius 3 is 2.58 bits per heavy atom. The Balaban J connectivity index is 0.000000637. The van der Waals surface area contributed by atoms with Crippen LogP contribution in [0.3, 0.4) is 0 Å². The molecule has 2 aliphatic carbocycles. The average molecular weight is 263 g/mol. The second-order valence-electron chi connectivity index (χ2n) is 5.15. The Labute approximate surface area is 115 Å². The van der Waals surface area contributed by atoms with Gasteiger partial charge in [0.05, 0.1) is 11.8 Å². The fraction of sp³-hybridized carbons (Fsp3) is 0.688. The van der Waals surface area contributed by atoms with E-state index in [-0.39, 0.29) is 6.10 Å². The van der Waals surface area contributed by atoms with Crippen molar-refractivity contribution in [3.8, 4) is 0 Å². The predicted molar refractivity (Wildman–Crippen MR) is 77.0 cm³/mol. The van der Waals surface area contributed by atoms with E-state index in [1.54, 1.807) is 0 Å². The normalized spacial score (nSPS) is 22.5. The molecule has 3 nitrogen and oxygen atoms in total. The molecule has 0 saturated heterocycles. The van der Waals surface area contributed by atoms with Crippen LogP contribution in [0.4, 0.5) is 0 Å². The topological polar surface area (TPSA) is 46.3 Å². The third kappa shape index (κ3) is 3.08. The van der Waals surface area contributed by atoms with Gasteiger partial charge in [0.15, 0.2) is 0 Å². The second-order valence-corrected chi connectivity index (χ2v) is 5.15. The highest BCUT2D eigenvalue weighted by Crippen LogP contribution is 2.45. The van der Waals surface area contributed by atoms with E-state index in [1.807, 2.05) is 13.8 Å². The maximum Gasteiger partial charge on any atom is 0.147 e. The quantitative estimate of drug-likeness (QED) is 0.894. The van der Waals surface area contributed by atoms with Crippen molar-refractivity contribution in [3.63, 3.8) is 0 Å². The number of allylic oxidation sites excluding steroid dienone is 1. The molecule has 1 heterocycles. The molecule has 0 spiro atoms. The van der Waals surface area contributed by atoms with Gasteiger partial charge in [0.25, 0.3) is 0 Å². The summed E-state index contributed by atoms with van der Waals surface area (Å²) in [5.74, 6) is 1.70. The molecule has 3 rings (SSSR count). The summed E-state index contributed by atoms with van der Waals surface area (Å²) in [5, 5.41) is 13.8. The zero-order valence-corrected chi connectivity index (χ0v) is 12.3. The first-order chi connectivity index (χ1) is 9.29. The summed E-state index contributed by atoms with van der Waals surface area (Å²) in [6.07, 6.45) is 8.00. The Bertz CT molecular complexity index is 444. The smallest absolute Gasteiger partial charge is 0.147 e. The van der Waals surface area contributed by atoms with E-state index in [0.29, 0.717) is 5.92 Å². The van der Waals surface area contributed by atoms with Gasteiger partial charge in [-0.2, -0.15) is 0 Å². The summed E-state index contributed by atoms with van der Waals surface area (Å²) < 4.78 is 5.54. The molecule has 0 amide bonds. The van der Waals surface area contributed by atoms with Crippen molar-refractivity contribution in [2.24, 2.45) is 0 Å². The van der Waals surface area contributed by atoms with Crippen LogP contribution in [0.5, 0.6) is 0 Å². The zero-order valence-electron chi connectivity index (χ0n) is 12.3. The van der Waals surface area contributed by atoms with Crippen molar-refractivity contribution in [1.82, 2.24) is 5.16 Å². The number of aliphatic hydroxyl groups is 1. The summed E-state index contributed by atoms with van der Waals surface area (Å²) in [4.78, 5) is 0. The van der Waals surface area contributed by atoms with E-state index < -0.39 is 0 Å². The minimum atomic E-state index is -0.159. The number of rotatable bonds is 3. The maximum atomic E-state index is 9.56.